The molecule has 1 N–H and O–H groups in total. The molecule has 0 heterocycles. The van der Waals surface area contributed by atoms with E-state index in [9.17, 15) is 9.59 Å². The summed E-state index contributed by atoms with van der Waals surface area (Å²) in [5, 5.41) is 8.94. The van der Waals surface area contributed by atoms with E-state index in [0.29, 0.717) is 19.8 Å². The summed E-state index contributed by atoms with van der Waals surface area (Å²) in [6, 6.07) is 20.0. The Balaban J connectivity index is 0.000000444. The van der Waals surface area contributed by atoms with E-state index in [-0.39, 0.29) is 12.6 Å². The third kappa shape index (κ3) is 16.4. The Kier molecular flexibility index (Phi) is 17.6. The van der Waals surface area contributed by atoms with Crippen molar-refractivity contribution in [1.29, 1.82) is 0 Å². The van der Waals surface area contributed by atoms with Gasteiger partial charge in [0.25, 0.3) is 0 Å². The fourth-order valence-electron chi connectivity index (χ4n) is 1.80. The SMILES string of the molecule is BrCc1ccccc1.CCOC(=O)CO.CCOC(=O)COCc1ccccc1. The lowest BCUT2D eigenvalue weighted by Gasteiger charge is -2.03. The van der Waals surface area contributed by atoms with Crippen LogP contribution >= 0.6 is 15.9 Å². The van der Waals surface area contributed by atoms with Crippen molar-refractivity contribution in [3.63, 3.8) is 0 Å². The summed E-state index contributed by atoms with van der Waals surface area (Å²) >= 11 is 3.36. The van der Waals surface area contributed by atoms with Gasteiger partial charge in [-0.25, -0.2) is 9.59 Å². The first-order valence-corrected chi connectivity index (χ1v) is 10.3. The summed E-state index contributed by atoms with van der Waals surface area (Å²) in [6.07, 6.45) is 0. The van der Waals surface area contributed by atoms with Gasteiger partial charge in [-0.05, 0) is 25.0 Å². The molecule has 2 aromatic rings. The van der Waals surface area contributed by atoms with Crippen molar-refractivity contribution in [3.8, 4) is 0 Å². The van der Waals surface area contributed by atoms with Gasteiger partial charge < -0.3 is 19.3 Å². The minimum Gasteiger partial charge on any atom is -0.464 e. The Labute approximate surface area is 180 Å². The molecule has 7 heteroatoms. The zero-order valence-electron chi connectivity index (χ0n) is 16.9. The van der Waals surface area contributed by atoms with E-state index in [1.54, 1.807) is 13.8 Å². The highest BCUT2D eigenvalue weighted by Gasteiger charge is 2.00. The molecule has 0 saturated heterocycles. The van der Waals surface area contributed by atoms with Crippen LogP contribution in [0.4, 0.5) is 0 Å². The number of rotatable bonds is 8. The number of aliphatic hydroxyl groups excluding tert-OH is 1. The monoisotopic (exact) mass is 468 g/mol. The van der Waals surface area contributed by atoms with Crippen molar-refractivity contribution in [3.05, 3.63) is 71.8 Å². The average molecular weight is 469 g/mol. The Morgan fingerprint density at radius 2 is 1.31 bits per heavy atom. The molecule has 0 atom stereocenters. The lowest BCUT2D eigenvalue weighted by molar-refractivity contribution is -0.149. The van der Waals surface area contributed by atoms with Crippen LogP contribution in [0.5, 0.6) is 0 Å². The van der Waals surface area contributed by atoms with Crippen molar-refractivity contribution < 1.29 is 28.9 Å². The largest absolute Gasteiger partial charge is 0.464 e. The first-order valence-electron chi connectivity index (χ1n) is 9.20. The van der Waals surface area contributed by atoms with Gasteiger partial charge in [0, 0.05) is 5.33 Å². The first kappa shape index (κ1) is 26.8. The number of carbonyl (C=O) groups is 2. The number of ether oxygens (including phenoxy) is 3. The van der Waals surface area contributed by atoms with Gasteiger partial charge in [-0.3, -0.25) is 0 Å². The summed E-state index contributed by atoms with van der Waals surface area (Å²) in [6.45, 7) is 4.13. The van der Waals surface area contributed by atoms with Crippen LogP contribution in [0.25, 0.3) is 0 Å². The van der Waals surface area contributed by atoms with Gasteiger partial charge in [-0.15, -0.1) is 0 Å². The quantitative estimate of drug-likeness (QED) is 0.467. The molecule has 0 bridgehead atoms. The lowest BCUT2D eigenvalue weighted by atomic mass is 10.2. The minimum absolute atomic E-state index is 0.0166. The van der Waals surface area contributed by atoms with E-state index >= 15 is 0 Å². The van der Waals surface area contributed by atoms with Gasteiger partial charge in [-0.2, -0.15) is 0 Å². The van der Waals surface area contributed by atoms with Crippen LogP contribution in [0.1, 0.15) is 25.0 Å². The Bertz CT molecular complexity index is 649. The van der Waals surface area contributed by atoms with Gasteiger partial charge in [-0.1, -0.05) is 76.6 Å². The Morgan fingerprint density at radius 1 is 0.828 bits per heavy atom. The number of halogens is 1. The third-order valence-electron chi connectivity index (χ3n) is 3.07. The second-order valence-electron chi connectivity index (χ2n) is 5.37. The molecule has 6 nitrogen and oxygen atoms in total. The average Bonchev–Trinajstić information content (AvgIpc) is 2.76. The Morgan fingerprint density at radius 3 is 1.69 bits per heavy atom. The van der Waals surface area contributed by atoms with E-state index in [1.807, 2.05) is 48.5 Å². The van der Waals surface area contributed by atoms with Crippen molar-refractivity contribution >= 4 is 27.9 Å². The second kappa shape index (κ2) is 19.1. The molecule has 0 aliphatic heterocycles. The second-order valence-corrected chi connectivity index (χ2v) is 5.93. The molecule has 0 radical (unpaired) electrons. The number of esters is 2. The van der Waals surface area contributed by atoms with E-state index in [2.05, 4.69) is 32.8 Å². The van der Waals surface area contributed by atoms with E-state index in [4.69, 9.17) is 14.6 Å². The minimum atomic E-state index is -0.567. The molecule has 2 aromatic carbocycles. The Hall–Kier alpha value is -2.22. The maximum absolute atomic E-state index is 10.9. The van der Waals surface area contributed by atoms with E-state index < -0.39 is 12.6 Å². The van der Waals surface area contributed by atoms with Crippen LogP contribution in [-0.4, -0.2) is 43.5 Å². The number of benzene rings is 2. The molecule has 0 fully saturated rings. The standard InChI is InChI=1S/C11H14O3.C7H7Br.C4H8O3/c1-2-14-11(12)9-13-8-10-6-4-3-5-7-10;8-6-7-4-2-1-3-5-7;1-2-7-4(6)3-5/h3-7H,2,8-9H2,1H3;1-5H,6H2;5H,2-3H2,1H3. The molecule has 0 unspecified atom stereocenters. The van der Waals surface area contributed by atoms with E-state index in [1.165, 1.54) is 5.56 Å². The lowest BCUT2D eigenvalue weighted by Crippen LogP contribution is -2.12. The maximum atomic E-state index is 10.9. The highest BCUT2D eigenvalue weighted by atomic mass is 79.9. The zero-order chi connectivity index (χ0) is 21.7. The van der Waals surface area contributed by atoms with Crippen LogP contribution in [0.15, 0.2) is 60.7 Å². The van der Waals surface area contributed by atoms with Crippen molar-refractivity contribution in [2.24, 2.45) is 0 Å². The number of aliphatic hydroxyl groups is 1. The normalized spacial score (nSPS) is 9.24. The van der Waals surface area contributed by atoms with E-state index in [0.717, 1.165) is 10.9 Å². The van der Waals surface area contributed by atoms with Gasteiger partial charge in [0.05, 0.1) is 19.8 Å². The molecule has 0 saturated carbocycles. The number of hydrogen-bond donors (Lipinski definition) is 1. The van der Waals surface area contributed by atoms with Crippen LogP contribution in [0.3, 0.4) is 0 Å². The van der Waals surface area contributed by atoms with Crippen molar-refractivity contribution in [2.75, 3.05) is 26.4 Å². The van der Waals surface area contributed by atoms with Crippen LogP contribution in [-0.2, 0) is 35.7 Å². The topological polar surface area (TPSA) is 82.1 Å². The summed E-state index contributed by atoms with van der Waals surface area (Å²) in [5.41, 5.74) is 2.38. The molecule has 0 spiro atoms. The van der Waals surface area contributed by atoms with Gasteiger partial charge in [0.2, 0.25) is 0 Å². The maximum Gasteiger partial charge on any atom is 0.332 e. The summed E-state index contributed by atoms with van der Waals surface area (Å²) < 4.78 is 14.2. The summed E-state index contributed by atoms with van der Waals surface area (Å²) in [4.78, 5) is 20.8. The van der Waals surface area contributed by atoms with Crippen LogP contribution < -0.4 is 0 Å². The first-order chi connectivity index (χ1) is 14.1. The van der Waals surface area contributed by atoms with Crippen molar-refractivity contribution in [2.45, 2.75) is 25.8 Å². The molecular weight excluding hydrogens is 440 g/mol. The predicted octanol–water partition coefficient (Wildman–Crippen LogP) is 3.89. The fraction of sp³-hybridized carbons (Fsp3) is 0.364. The highest BCUT2D eigenvalue weighted by Crippen LogP contribution is 2.02. The van der Waals surface area contributed by atoms with Crippen LogP contribution in [0, 0.1) is 0 Å². The summed E-state index contributed by atoms with van der Waals surface area (Å²) in [5.74, 6) is -0.883. The molecule has 0 amide bonds. The number of hydrogen-bond acceptors (Lipinski definition) is 6. The summed E-state index contributed by atoms with van der Waals surface area (Å²) in [7, 11) is 0. The van der Waals surface area contributed by atoms with Gasteiger partial charge in [0.1, 0.15) is 13.2 Å². The van der Waals surface area contributed by atoms with Gasteiger partial charge >= 0.3 is 11.9 Å². The molecule has 0 aliphatic carbocycles. The predicted molar refractivity (Wildman–Crippen MR) is 116 cm³/mol. The zero-order valence-corrected chi connectivity index (χ0v) is 18.5. The van der Waals surface area contributed by atoms with Gasteiger partial charge in [0.15, 0.2) is 0 Å². The molecule has 160 valence electrons. The highest BCUT2D eigenvalue weighted by molar-refractivity contribution is 9.08. The molecule has 0 aromatic heterocycles. The van der Waals surface area contributed by atoms with Crippen molar-refractivity contribution in [1.82, 2.24) is 0 Å². The number of alkyl halides is 1. The molecule has 0 aliphatic rings. The smallest absolute Gasteiger partial charge is 0.332 e. The number of carbonyl (C=O) groups excluding carboxylic acids is 2. The molecule has 2 rings (SSSR count). The third-order valence-corrected chi connectivity index (χ3v) is 3.72. The molecular formula is C22H29BrO6. The molecule has 29 heavy (non-hydrogen) atoms. The van der Waals surface area contributed by atoms with Crippen LogP contribution in [0.2, 0.25) is 0 Å². The fourth-order valence-corrected chi connectivity index (χ4v) is 2.18.